The Morgan fingerprint density at radius 3 is 2.56 bits per heavy atom. The van der Waals surface area contributed by atoms with Crippen LogP contribution in [0.3, 0.4) is 0 Å². The Bertz CT molecular complexity index is 512. The highest BCUT2D eigenvalue weighted by atomic mass is 19.3. The first-order valence-electron chi connectivity index (χ1n) is 5.59. The molecule has 96 valence electrons. The molecule has 3 nitrogen and oxygen atoms in total. The summed E-state index contributed by atoms with van der Waals surface area (Å²) < 4.78 is 31.9. The molecule has 0 unspecified atom stereocenters. The van der Waals surface area contributed by atoms with Crippen LogP contribution >= 0.6 is 0 Å². The zero-order valence-corrected chi connectivity index (χ0v) is 10.2. The van der Waals surface area contributed by atoms with Crippen LogP contribution in [0.2, 0.25) is 0 Å². The lowest BCUT2D eigenvalue weighted by Gasteiger charge is -2.18. The SMILES string of the molecule is COc1ccc(C2(N=C=O)CC2)cc1C(C)(F)F. The van der Waals surface area contributed by atoms with Crippen LogP contribution in [0.1, 0.15) is 30.9 Å². The summed E-state index contributed by atoms with van der Waals surface area (Å²) in [5.74, 6) is -2.86. The van der Waals surface area contributed by atoms with Crippen LogP contribution in [0, 0.1) is 0 Å². The smallest absolute Gasteiger partial charge is 0.274 e. The number of benzene rings is 1. The number of hydrogen-bond donors (Lipinski definition) is 0. The summed E-state index contributed by atoms with van der Waals surface area (Å²) in [6.45, 7) is 0.817. The molecule has 0 saturated heterocycles. The summed E-state index contributed by atoms with van der Waals surface area (Å²) in [5.41, 5.74) is -0.216. The number of methoxy groups -OCH3 is 1. The third-order valence-corrected chi connectivity index (χ3v) is 3.19. The zero-order valence-electron chi connectivity index (χ0n) is 10.2. The molecule has 1 aromatic rings. The fourth-order valence-corrected chi connectivity index (χ4v) is 2.01. The molecule has 0 spiro atoms. The van der Waals surface area contributed by atoms with Crippen molar-refractivity contribution in [3.8, 4) is 5.75 Å². The largest absolute Gasteiger partial charge is 0.496 e. The molecule has 0 heterocycles. The van der Waals surface area contributed by atoms with Crippen molar-refractivity contribution < 1.29 is 18.3 Å². The van der Waals surface area contributed by atoms with E-state index in [0.717, 1.165) is 6.92 Å². The van der Waals surface area contributed by atoms with Crippen molar-refractivity contribution >= 4 is 6.08 Å². The molecule has 1 fully saturated rings. The number of aliphatic imine (C=N–C) groups is 1. The molecule has 1 aromatic carbocycles. The van der Waals surface area contributed by atoms with Crippen LogP contribution < -0.4 is 4.74 Å². The van der Waals surface area contributed by atoms with Gasteiger partial charge in [0, 0.05) is 6.92 Å². The quantitative estimate of drug-likeness (QED) is 0.610. The van der Waals surface area contributed by atoms with Crippen LogP contribution in [0.4, 0.5) is 8.78 Å². The van der Waals surface area contributed by atoms with Gasteiger partial charge in [-0.25, -0.2) is 13.6 Å². The van der Waals surface area contributed by atoms with E-state index in [4.69, 9.17) is 4.74 Å². The number of halogens is 2. The minimum absolute atomic E-state index is 0.136. The summed E-state index contributed by atoms with van der Waals surface area (Å²) in [6.07, 6.45) is 2.88. The first-order chi connectivity index (χ1) is 8.43. The number of isocyanates is 1. The fraction of sp³-hybridized carbons (Fsp3) is 0.462. The number of alkyl halides is 2. The van der Waals surface area contributed by atoms with Crippen molar-refractivity contribution in [1.82, 2.24) is 0 Å². The standard InChI is InChI=1S/C13H13F2NO2/c1-12(14,15)10-7-9(3-4-11(10)18-2)13(5-6-13)16-8-17/h3-4,7H,5-6H2,1-2H3. The molecule has 5 heteroatoms. The minimum atomic E-state index is -3.00. The molecule has 0 amide bonds. The van der Waals surface area contributed by atoms with E-state index in [-0.39, 0.29) is 11.3 Å². The van der Waals surface area contributed by atoms with Gasteiger partial charge in [0.1, 0.15) is 5.75 Å². The molecule has 2 rings (SSSR count). The van der Waals surface area contributed by atoms with E-state index in [1.165, 1.54) is 25.3 Å². The van der Waals surface area contributed by atoms with Gasteiger partial charge in [-0.3, -0.25) is 0 Å². The molecular formula is C13H13F2NO2. The van der Waals surface area contributed by atoms with Gasteiger partial charge in [-0.2, -0.15) is 4.99 Å². The maximum atomic E-state index is 13.5. The molecule has 0 atom stereocenters. The molecule has 0 radical (unpaired) electrons. The monoisotopic (exact) mass is 253 g/mol. The van der Waals surface area contributed by atoms with Gasteiger partial charge in [0.2, 0.25) is 6.08 Å². The van der Waals surface area contributed by atoms with Gasteiger partial charge in [0.15, 0.2) is 0 Å². The topological polar surface area (TPSA) is 38.7 Å². The Kier molecular flexibility index (Phi) is 2.95. The molecular weight excluding hydrogens is 240 g/mol. The normalized spacial score (nSPS) is 16.9. The maximum absolute atomic E-state index is 13.5. The summed E-state index contributed by atoms with van der Waals surface area (Å²) >= 11 is 0. The van der Waals surface area contributed by atoms with Crippen LogP contribution in [0.25, 0.3) is 0 Å². The number of nitrogens with zero attached hydrogens (tertiary/aromatic N) is 1. The van der Waals surface area contributed by atoms with Crippen molar-refractivity contribution in [3.05, 3.63) is 29.3 Å². The van der Waals surface area contributed by atoms with E-state index in [2.05, 4.69) is 4.99 Å². The van der Waals surface area contributed by atoms with Crippen LogP contribution in [-0.4, -0.2) is 13.2 Å². The Balaban J connectivity index is 2.50. The van der Waals surface area contributed by atoms with Crippen LogP contribution in [0.5, 0.6) is 5.75 Å². The van der Waals surface area contributed by atoms with Crippen molar-refractivity contribution in [2.75, 3.05) is 7.11 Å². The van der Waals surface area contributed by atoms with E-state index >= 15 is 0 Å². The van der Waals surface area contributed by atoms with Crippen molar-refractivity contribution in [1.29, 1.82) is 0 Å². The first kappa shape index (κ1) is 12.7. The minimum Gasteiger partial charge on any atom is -0.496 e. The van der Waals surface area contributed by atoms with E-state index < -0.39 is 11.5 Å². The maximum Gasteiger partial charge on any atom is 0.274 e. The van der Waals surface area contributed by atoms with Gasteiger partial charge < -0.3 is 4.74 Å². The molecule has 1 aliphatic rings. The van der Waals surface area contributed by atoms with Gasteiger partial charge in [0.25, 0.3) is 5.92 Å². The first-order valence-corrected chi connectivity index (χ1v) is 5.59. The van der Waals surface area contributed by atoms with Crippen molar-refractivity contribution in [2.45, 2.75) is 31.2 Å². The number of rotatable bonds is 4. The Labute approximate surface area is 103 Å². The number of hydrogen-bond acceptors (Lipinski definition) is 3. The van der Waals surface area contributed by atoms with Gasteiger partial charge in [0.05, 0.1) is 18.2 Å². The van der Waals surface area contributed by atoms with Gasteiger partial charge in [-0.15, -0.1) is 0 Å². The molecule has 1 saturated carbocycles. The lowest BCUT2D eigenvalue weighted by Crippen LogP contribution is -2.12. The van der Waals surface area contributed by atoms with Crippen LogP contribution in [-0.2, 0) is 16.3 Å². The summed E-state index contributed by atoms with van der Waals surface area (Å²) in [7, 11) is 1.35. The summed E-state index contributed by atoms with van der Waals surface area (Å²) in [4.78, 5) is 14.1. The predicted molar refractivity (Wildman–Crippen MR) is 61.6 cm³/mol. The zero-order chi connectivity index (χ0) is 13.4. The average molecular weight is 253 g/mol. The fourth-order valence-electron chi connectivity index (χ4n) is 2.01. The predicted octanol–water partition coefficient (Wildman–Crippen LogP) is 3.13. The van der Waals surface area contributed by atoms with Gasteiger partial charge in [-0.1, -0.05) is 6.07 Å². The molecule has 0 bridgehead atoms. The van der Waals surface area contributed by atoms with Crippen molar-refractivity contribution in [2.24, 2.45) is 4.99 Å². The molecule has 0 aliphatic heterocycles. The van der Waals surface area contributed by atoms with Gasteiger partial charge in [-0.05, 0) is 30.5 Å². The highest BCUT2D eigenvalue weighted by Gasteiger charge is 2.45. The number of ether oxygens (including phenoxy) is 1. The molecule has 0 aromatic heterocycles. The summed E-state index contributed by atoms with van der Waals surface area (Å²) in [6, 6.07) is 4.52. The van der Waals surface area contributed by atoms with E-state index in [1.54, 1.807) is 6.07 Å². The average Bonchev–Trinajstić information content (AvgIpc) is 3.08. The van der Waals surface area contributed by atoms with Crippen LogP contribution in [0.15, 0.2) is 23.2 Å². The van der Waals surface area contributed by atoms with Gasteiger partial charge >= 0.3 is 0 Å². The molecule has 18 heavy (non-hydrogen) atoms. The Morgan fingerprint density at radius 1 is 1.44 bits per heavy atom. The molecule has 1 aliphatic carbocycles. The Morgan fingerprint density at radius 2 is 2.11 bits per heavy atom. The van der Waals surface area contributed by atoms with Crippen molar-refractivity contribution in [3.63, 3.8) is 0 Å². The second-order valence-electron chi connectivity index (χ2n) is 4.54. The van der Waals surface area contributed by atoms with E-state index in [0.29, 0.717) is 18.4 Å². The van der Waals surface area contributed by atoms with E-state index in [9.17, 15) is 13.6 Å². The lowest BCUT2D eigenvalue weighted by molar-refractivity contribution is 0.0149. The third kappa shape index (κ3) is 2.14. The third-order valence-electron chi connectivity index (χ3n) is 3.19. The van der Waals surface area contributed by atoms with E-state index in [1.807, 2.05) is 0 Å². The second kappa shape index (κ2) is 4.18. The Hall–Kier alpha value is -1.74. The summed E-state index contributed by atoms with van der Waals surface area (Å²) in [5, 5.41) is 0. The lowest BCUT2D eigenvalue weighted by atomic mass is 9.99. The number of carbonyl (C=O) groups excluding carboxylic acids is 1. The second-order valence-corrected chi connectivity index (χ2v) is 4.54. The molecule has 0 N–H and O–H groups in total. The highest BCUT2D eigenvalue weighted by Crippen LogP contribution is 2.50. The highest BCUT2D eigenvalue weighted by molar-refractivity contribution is 5.46.